The van der Waals surface area contributed by atoms with Crippen LogP contribution in [0, 0.1) is 5.82 Å². The maximum atomic E-state index is 13.9. The van der Waals surface area contributed by atoms with Crippen molar-refractivity contribution >= 4 is 23.0 Å². The van der Waals surface area contributed by atoms with Crippen LogP contribution in [-0.4, -0.2) is 36.1 Å². The number of carbonyl (C=O) groups is 1. The fourth-order valence-corrected chi connectivity index (χ4v) is 2.17. The number of allylic oxidation sites excluding steroid dienone is 1. The molecule has 0 radical (unpaired) electrons. The van der Waals surface area contributed by atoms with Gasteiger partial charge in [0.25, 0.3) is 5.78 Å². The molecule has 24 heavy (non-hydrogen) atoms. The first-order chi connectivity index (χ1) is 11.1. The number of ketones is 1. The molecule has 0 bridgehead atoms. The summed E-state index contributed by atoms with van der Waals surface area (Å²) in [5, 5.41) is 3.53. The molecule has 0 amide bonds. The molecule has 1 heterocycles. The van der Waals surface area contributed by atoms with E-state index in [1.54, 1.807) is 0 Å². The number of halogens is 5. The van der Waals surface area contributed by atoms with E-state index >= 15 is 0 Å². The van der Waals surface area contributed by atoms with Crippen LogP contribution in [0.25, 0.3) is 16.8 Å². The van der Waals surface area contributed by atoms with E-state index in [0.717, 1.165) is 18.3 Å². The molecule has 0 N–H and O–H groups in total. The Morgan fingerprint density at radius 1 is 1.33 bits per heavy atom. The number of aromatic nitrogens is 1. The Morgan fingerprint density at radius 3 is 2.54 bits per heavy atom. The molecule has 128 valence electrons. The van der Waals surface area contributed by atoms with Crippen molar-refractivity contribution in [3.63, 3.8) is 0 Å². The monoisotopic (exact) mass is 362 g/mol. The molecule has 1 aromatic carbocycles. The van der Waals surface area contributed by atoms with Crippen molar-refractivity contribution in [1.82, 2.24) is 10.1 Å². The Hall–Kier alpha value is -2.35. The number of alkyl halides is 3. The minimum Gasteiger partial charge on any atom is -0.383 e. The molecule has 0 unspecified atom stereocenters. The van der Waals surface area contributed by atoms with Crippen LogP contribution in [0.5, 0.6) is 0 Å². The normalized spacial score (nSPS) is 12.4. The van der Waals surface area contributed by atoms with Crippen LogP contribution in [0.4, 0.5) is 17.6 Å². The van der Waals surface area contributed by atoms with Gasteiger partial charge in [0, 0.05) is 26.4 Å². The molecule has 2 aromatic rings. The van der Waals surface area contributed by atoms with E-state index in [1.165, 1.54) is 31.1 Å². The quantitative estimate of drug-likeness (QED) is 0.605. The maximum Gasteiger partial charge on any atom is 0.455 e. The highest BCUT2D eigenvalue weighted by atomic mass is 35.5. The third-order valence-electron chi connectivity index (χ3n) is 2.88. The molecular weight excluding hydrogens is 352 g/mol. The molecule has 0 saturated carbocycles. The topological polar surface area (TPSA) is 46.3 Å². The summed E-state index contributed by atoms with van der Waals surface area (Å²) in [7, 11) is 2.88. The Kier molecular flexibility index (Phi) is 4.98. The molecule has 0 fully saturated rings. The van der Waals surface area contributed by atoms with Gasteiger partial charge < -0.3 is 9.42 Å². The lowest BCUT2D eigenvalue weighted by molar-refractivity contribution is -0.164. The Balaban J connectivity index is 2.52. The van der Waals surface area contributed by atoms with E-state index in [0.29, 0.717) is 0 Å². The van der Waals surface area contributed by atoms with E-state index in [4.69, 9.17) is 16.1 Å². The molecule has 0 spiro atoms. The number of rotatable bonds is 4. The van der Waals surface area contributed by atoms with E-state index in [-0.39, 0.29) is 16.3 Å². The van der Waals surface area contributed by atoms with Gasteiger partial charge in [0.05, 0.1) is 16.2 Å². The number of benzene rings is 1. The first-order valence-electron chi connectivity index (χ1n) is 6.52. The molecule has 0 atom stereocenters. The Morgan fingerprint density at radius 2 is 2.00 bits per heavy atom. The van der Waals surface area contributed by atoms with E-state index in [1.807, 2.05) is 0 Å². The van der Waals surface area contributed by atoms with Crippen LogP contribution < -0.4 is 0 Å². The number of hydrogen-bond donors (Lipinski definition) is 0. The summed E-state index contributed by atoms with van der Waals surface area (Å²) >= 11 is 5.88. The molecule has 4 nitrogen and oxygen atoms in total. The number of carbonyl (C=O) groups excluding carboxylic acids is 1. The summed E-state index contributed by atoms with van der Waals surface area (Å²) < 4.78 is 56.9. The van der Waals surface area contributed by atoms with Crippen LogP contribution in [-0.2, 0) is 4.79 Å². The number of hydrogen-bond acceptors (Lipinski definition) is 4. The smallest absolute Gasteiger partial charge is 0.383 e. The van der Waals surface area contributed by atoms with Gasteiger partial charge in [-0.15, -0.1) is 0 Å². The molecule has 2 rings (SSSR count). The summed E-state index contributed by atoms with van der Waals surface area (Å²) in [5.74, 6) is -3.26. The molecule has 9 heteroatoms. The average molecular weight is 363 g/mol. The third-order valence-corrected chi connectivity index (χ3v) is 3.20. The van der Waals surface area contributed by atoms with Gasteiger partial charge in [0.15, 0.2) is 5.76 Å². The van der Waals surface area contributed by atoms with Crippen LogP contribution >= 0.6 is 11.6 Å². The predicted octanol–water partition coefficient (Wildman–Crippen LogP) is 4.17. The molecule has 0 saturated heterocycles. The second kappa shape index (κ2) is 6.64. The molecule has 0 aliphatic heterocycles. The zero-order chi connectivity index (χ0) is 18.1. The minimum absolute atomic E-state index is 0.00939. The fourth-order valence-electron chi connectivity index (χ4n) is 1.91. The van der Waals surface area contributed by atoms with Gasteiger partial charge in [-0.1, -0.05) is 22.8 Å². The SMILES string of the molecule is CN(C)/C=C(\C(=O)C(F)(F)F)c1cc(-c2c(F)cccc2Cl)no1. The van der Waals surface area contributed by atoms with E-state index < -0.39 is 29.1 Å². The van der Waals surface area contributed by atoms with Gasteiger partial charge in [-0.3, -0.25) is 4.79 Å². The van der Waals surface area contributed by atoms with Crippen molar-refractivity contribution in [2.45, 2.75) is 6.18 Å². The molecule has 1 aromatic heterocycles. The van der Waals surface area contributed by atoms with Crippen LogP contribution in [0.1, 0.15) is 5.76 Å². The average Bonchev–Trinajstić information content (AvgIpc) is 2.92. The minimum atomic E-state index is -5.09. The molecular formula is C15H11ClF4N2O2. The lowest BCUT2D eigenvalue weighted by Gasteiger charge is -2.10. The van der Waals surface area contributed by atoms with Gasteiger partial charge in [-0.2, -0.15) is 13.2 Å². The lowest BCUT2D eigenvalue weighted by atomic mass is 10.1. The second-order valence-corrected chi connectivity index (χ2v) is 5.41. The van der Waals surface area contributed by atoms with Crippen molar-refractivity contribution in [1.29, 1.82) is 0 Å². The van der Waals surface area contributed by atoms with Gasteiger partial charge >= 0.3 is 6.18 Å². The van der Waals surface area contributed by atoms with Gasteiger partial charge in [0.1, 0.15) is 11.5 Å². The summed E-state index contributed by atoms with van der Waals surface area (Å²) in [6, 6.07) is 4.91. The Labute approximate surface area is 139 Å². The summed E-state index contributed by atoms with van der Waals surface area (Å²) in [5.41, 5.74) is -0.996. The summed E-state index contributed by atoms with van der Waals surface area (Å²) in [4.78, 5) is 12.8. The molecule has 0 aliphatic carbocycles. The number of Topliss-reactive ketones (excluding diaryl/α,β-unsaturated/α-hetero) is 1. The van der Waals surface area contributed by atoms with Crippen molar-refractivity contribution in [2.24, 2.45) is 0 Å². The van der Waals surface area contributed by atoms with Crippen LogP contribution in [0.2, 0.25) is 5.02 Å². The van der Waals surface area contributed by atoms with Crippen LogP contribution in [0.3, 0.4) is 0 Å². The summed E-state index contributed by atoms with van der Waals surface area (Å²) in [6.07, 6.45) is -4.15. The highest BCUT2D eigenvalue weighted by molar-refractivity contribution is 6.33. The molecule has 0 aliphatic rings. The zero-order valence-corrected chi connectivity index (χ0v) is 13.2. The second-order valence-electron chi connectivity index (χ2n) is 5.01. The van der Waals surface area contributed by atoms with Crippen molar-refractivity contribution in [3.05, 3.63) is 47.1 Å². The first kappa shape index (κ1) is 18.0. The largest absolute Gasteiger partial charge is 0.455 e. The highest BCUT2D eigenvalue weighted by Crippen LogP contribution is 2.33. The van der Waals surface area contributed by atoms with E-state index in [2.05, 4.69) is 5.16 Å². The van der Waals surface area contributed by atoms with Gasteiger partial charge in [-0.25, -0.2) is 4.39 Å². The predicted molar refractivity (Wildman–Crippen MR) is 79.6 cm³/mol. The van der Waals surface area contributed by atoms with Crippen molar-refractivity contribution in [2.75, 3.05) is 14.1 Å². The Bertz CT molecular complexity index is 777. The third kappa shape index (κ3) is 3.76. The van der Waals surface area contributed by atoms with Crippen LogP contribution in [0.15, 0.2) is 35.0 Å². The fraction of sp³-hybridized carbons (Fsp3) is 0.200. The van der Waals surface area contributed by atoms with Crippen molar-refractivity contribution in [3.8, 4) is 11.3 Å². The number of nitrogens with zero attached hydrogens (tertiary/aromatic N) is 2. The van der Waals surface area contributed by atoms with Crippen molar-refractivity contribution < 1.29 is 26.9 Å². The van der Waals surface area contributed by atoms with Gasteiger partial charge in [-0.05, 0) is 12.1 Å². The summed E-state index contributed by atoms with van der Waals surface area (Å²) in [6.45, 7) is 0. The van der Waals surface area contributed by atoms with E-state index in [9.17, 15) is 22.4 Å². The highest BCUT2D eigenvalue weighted by Gasteiger charge is 2.42. The lowest BCUT2D eigenvalue weighted by Crippen LogP contribution is -2.24. The maximum absolute atomic E-state index is 13.9. The zero-order valence-electron chi connectivity index (χ0n) is 12.5. The standard InChI is InChI=1S/C15H11ClF4N2O2/c1-22(2)7-8(14(23)15(18,19)20)12-6-11(21-24-12)13-9(16)4-3-5-10(13)17/h3-7H,1-2H3/b8-7-. The van der Waals surface area contributed by atoms with Gasteiger partial charge in [0.2, 0.25) is 0 Å². The first-order valence-corrected chi connectivity index (χ1v) is 6.90.